The standard InChI is InChI=1S/C27H47NO3/c1-6-28(7-2)17-13-24(29)31-20-10-14-25(3)19(18-20)8-9-21-22(25)11-15-26(4)23(21)12-16-27(26,5)30/h19-23,30H,6-18H2,1-5H3/t19-,20-,21+,22-,23-,25-,26-,27-/m0/s1. The molecule has 0 radical (unpaired) electrons. The maximum absolute atomic E-state index is 12.5. The minimum Gasteiger partial charge on any atom is -0.462 e. The molecule has 4 nitrogen and oxygen atoms in total. The fourth-order valence-electron chi connectivity index (χ4n) is 8.60. The minimum absolute atomic E-state index is 0.00388. The van der Waals surface area contributed by atoms with E-state index < -0.39 is 5.60 Å². The molecule has 0 spiro atoms. The van der Waals surface area contributed by atoms with Gasteiger partial charge in [0.15, 0.2) is 0 Å². The lowest BCUT2D eigenvalue weighted by Crippen LogP contribution is -2.56. The van der Waals surface area contributed by atoms with E-state index in [1.165, 1.54) is 38.5 Å². The van der Waals surface area contributed by atoms with Crippen LogP contribution < -0.4 is 0 Å². The second-order valence-corrected chi connectivity index (χ2v) is 12.1. The molecule has 4 rings (SSSR count). The van der Waals surface area contributed by atoms with Crippen molar-refractivity contribution in [3.05, 3.63) is 0 Å². The van der Waals surface area contributed by atoms with E-state index in [0.717, 1.165) is 50.7 Å². The van der Waals surface area contributed by atoms with Crippen LogP contribution in [0.25, 0.3) is 0 Å². The molecule has 0 heterocycles. The number of esters is 1. The lowest BCUT2D eigenvalue weighted by Gasteiger charge is -2.61. The van der Waals surface area contributed by atoms with Crippen molar-refractivity contribution in [3.63, 3.8) is 0 Å². The Hall–Kier alpha value is -0.610. The normalized spacial score (nSPS) is 46.9. The lowest BCUT2D eigenvalue weighted by atomic mass is 9.44. The quantitative estimate of drug-likeness (QED) is 0.568. The Morgan fingerprint density at radius 3 is 2.39 bits per heavy atom. The third-order valence-corrected chi connectivity index (χ3v) is 11.0. The van der Waals surface area contributed by atoms with Crippen LogP contribution in [0.2, 0.25) is 0 Å². The lowest BCUT2D eigenvalue weighted by molar-refractivity contribution is -0.168. The van der Waals surface area contributed by atoms with Gasteiger partial charge in [-0.3, -0.25) is 4.79 Å². The molecule has 0 aromatic heterocycles. The first-order valence-corrected chi connectivity index (χ1v) is 13.3. The largest absolute Gasteiger partial charge is 0.462 e. The van der Waals surface area contributed by atoms with Crippen LogP contribution in [-0.2, 0) is 9.53 Å². The van der Waals surface area contributed by atoms with Gasteiger partial charge in [-0.2, -0.15) is 0 Å². The van der Waals surface area contributed by atoms with E-state index in [1.807, 2.05) is 0 Å². The highest BCUT2D eigenvalue weighted by Crippen LogP contribution is 2.68. The molecule has 0 saturated heterocycles. The average Bonchev–Trinajstić information content (AvgIpc) is 2.98. The van der Waals surface area contributed by atoms with Crippen LogP contribution in [0.3, 0.4) is 0 Å². The molecule has 0 bridgehead atoms. The topological polar surface area (TPSA) is 49.8 Å². The highest BCUT2D eigenvalue weighted by atomic mass is 16.5. The summed E-state index contributed by atoms with van der Waals surface area (Å²) in [6, 6.07) is 0. The number of nitrogens with zero attached hydrogens (tertiary/aromatic N) is 1. The summed E-state index contributed by atoms with van der Waals surface area (Å²) < 4.78 is 5.97. The Morgan fingerprint density at radius 1 is 0.968 bits per heavy atom. The zero-order valence-corrected chi connectivity index (χ0v) is 20.8. The van der Waals surface area contributed by atoms with Crippen LogP contribution in [0, 0.1) is 34.5 Å². The van der Waals surface area contributed by atoms with Gasteiger partial charge < -0.3 is 14.7 Å². The van der Waals surface area contributed by atoms with Gasteiger partial charge in [0.25, 0.3) is 0 Å². The van der Waals surface area contributed by atoms with Crippen molar-refractivity contribution in [3.8, 4) is 0 Å². The van der Waals surface area contributed by atoms with E-state index >= 15 is 0 Å². The summed E-state index contributed by atoms with van der Waals surface area (Å²) in [4.78, 5) is 14.8. The number of aliphatic hydroxyl groups is 1. The SMILES string of the molecule is CCN(CC)CCC(=O)O[C@H]1CC[C@@]2(C)[C@@H](CC[C@@H]3[C@@H]2CC[C@@]2(C)[C@H]3CC[C@]2(C)O)C1. The molecule has 0 aromatic carbocycles. The number of carbonyl (C=O) groups excluding carboxylic acids is 1. The van der Waals surface area contributed by atoms with Crippen molar-refractivity contribution in [2.75, 3.05) is 19.6 Å². The fourth-order valence-corrected chi connectivity index (χ4v) is 8.60. The molecule has 4 aliphatic carbocycles. The molecule has 4 heteroatoms. The van der Waals surface area contributed by atoms with Crippen molar-refractivity contribution < 1.29 is 14.6 Å². The monoisotopic (exact) mass is 433 g/mol. The zero-order valence-electron chi connectivity index (χ0n) is 20.8. The highest BCUT2D eigenvalue weighted by Gasteiger charge is 2.63. The van der Waals surface area contributed by atoms with Gasteiger partial charge in [-0.05, 0) is 112 Å². The first-order valence-electron chi connectivity index (χ1n) is 13.3. The molecule has 0 unspecified atom stereocenters. The maximum atomic E-state index is 12.5. The van der Waals surface area contributed by atoms with Crippen molar-refractivity contribution >= 4 is 5.97 Å². The summed E-state index contributed by atoms with van der Waals surface area (Å²) in [6.07, 6.45) is 11.2. The molecule has 8 atom stereocenters. The van der Waals surface area contributed by atoms with Gasteiger partial charge in [0, 0.05) is 6.54 Å². The summed E-state index contributed by atoms with van der Waals surface area (Å²) in [5, 5.41) is 11.1. The van der Waals surface area contributed by atoms with Crippen molar-refractivity contribution in [1.29, 1.82) is 0 Å². The van der Waals surface area contributed by atoms with E-state index in [9.17, 15) is 9.90 Å². The predicted molar refractivity (Wildman–Crippen MR) is 125 cm³/mol. The summed E-state index contributed by atoms with van der Waals surface area (Å²) in [6.45, 7) is 14.1. The van der Waals surface area contributed by atoms with Crippen molar-refractivity contribution in [1.82, 2.24) is 4.90 Å². The smallest absolute Gasteiger partial charge is 0.307 e. The molecule has 31 heavy (non-hydrogen) atoms. The predicted octanol–water partition coefficient (Wildman–Crippen LogP) is 5.42. The number of hydrogen-bond acceptors (Lipinski definition) is 4. The molecule has 0 aliphatic heterocycles. The van der Waals surface area contributed by atoms with Crippen molar-refractivity contribution in [2.24, 2.45) is 34.5 Å². The first-order chi connectivity index (χ1) is 14.6. The van der Waals surface area contributed by atoms with Gasteiger partial charge in [-0.1, -0.05) is 27.7 Å². The summed E-state index contributed by atoms with van der Waals surface area (Å²) in [5.74, 6) is 2.94. The Kier molecular flexibility index (Phi) is 6.55. The number of carbonyl (C=O) groups is 1. The van der Waals surface area contributed by atoms with E-state index in [4.69, 9.17) is 4.74 Å². The van der Waals surface area contributed by atoms with Gasteiger partial charge in [0.05, 0.1) is 12.0 Å². The number of ether oxygens (including phenoxy) is 1. The summed E-state index contributed by atoms with van der Waals surface area (Å²) in [7, 11) is 0. The molecule has 0 amide bonds. The number of hydrogen-bond donors (Lipinski definition) is 1. The van der Waals surface area contributed by atoms with Crippen LogP contribution in [0.4, 0.5) is 0 Å². The van der Waals surface area contributed by atoms with Crippen molar-refractivity contribution in [2.45, 2.75) is 111 Å². The van der Waals surface area contributed by atoms with Crippen LogP contribution in [0.15, 0.2) is 0 Å². The Morgan fingerprint density at radius 2 is 1.68 bits per heavy atom. The number of rotatable bonds is 6. The van der Waals surface area contributed by atoms with E-state index in [-0.39, 0.29) is 17.5 Å². The molecular weight excluding hydrogens is 386 g/mol. The molecule has 4 saturated carbocycles. The average molecular weight is 434 g/mol. The maximum Gasteiger partial charge on any atom is 0.307 e. The third kappa shape index (κ3) is 3.98. The minimum atomic E-state index is -0.489. The van der Waals surface area contributed by atoms with Gasteiger partial charge in [-0.25, -0.2) is 0 Å². The Bertz CT molecular complexity index is 659. The van der Waals surface area contributed by atoms with Gasteiger partial charge in [0.2, 0.25) is 0 Å². The second-order valence-electron chi connectivity index (χ2n) is 12.1. The van der Waals surface area contributed by atoms with Gasteiger partial charge in [0.1, 0.15) is 6.10 Å². The van der Waals surface area contributed by atoms with E-state index in [0.29, 0.717) is 23.7 Å². The molecule has 4 fully saturated rings. The van der Waals surface area contributed by atoms with Gasteiger partial charge in [-0.15, -0.1) is 0 Å². The third-order valence-electron chi connectivity index (χ3n) is 11.0. The van der Waals surface area contributed by atoms with Crippen LogP contribution in [0.1, 0.15) is 98.8 Å². The zero-order chi connectivity index (χ0) is 22.4. The second kappa shape index (κ2) is 8.63. The molecule has 4 aliphatic rings. The highest BCUT2D eigenvalue weighted by molar-refractivity contribution is 5.69. The summed E-state index contributed by atoms with van der Waals surface area (Å²) in [5.41, 5.74) is 0.00909. The molecular formula is C27H47NO3. The van der Waals surface area contributed by atoms with E-state index in [1.54, 1.807) is 0 Å². The number of fused-ring (bicyclic) bond motifs is 5. The fraction of sp³-hybridized carbons (Fsp3) is 0.963. The van der Waals surface area contributed by atoms with Gasteiger partial charge >= 0.3 is 5.97 Å². The van der Waals surface area contributed by atoms with Crippen LogP contribution in [0.5, 0.6) is 0 Å². The van der Waals surface area contributed by atoms with Crippen LogP contribution >= 0.6 is 0 Å². The molecule has 178 valence electrons. The molecule has 1 N–H and O–H groups in total. The first kappa shape index (κ1) is 23.5. The Balaban J connectivity index is 1.37. The van der Waals surface area contributed by atoms with Crippen LogP contribution in [-0.4, -0.2) is 47.3 Å². The molecule has 0 aromatic rings. The van der Waals surface area contributed by atoms with E-state index in [2.05, 4.69) is 39.5 Å². The Labute approximate surface area is 190 Å². The summed E-state index contributed by atoms with van der Waals surface area (Å²) >= 11 is 0.